The van der Waals surface area contributed by atoms with Gasteiger partial charge in [0.2, 0.25) is 12.3 Å². The molecule has 1 aliphatic heterocycles. The zero-order valence-electron chi connectivity index (χ0n) is 16.2. The molecule has 0 spiro atoms. The van der Waals surface area contributed by atoms with Gasteiger partial charge in [-0.15, -0.1) is 11.6 Å². The van der Waals surface area contributed by atoms with Crippen LogP contribution in [0.15, 0.2) is 12.1 Å². The van der Waals surface area contributed by atoms with Gasteiger partial charge in [-0.1, -0.05) is 11.6 Å². The minimum atomic E-state index is -1.08. The SMILES string of the molecule is CC(=O)O[C@@H]1N(CC(N)=O)[C@@H](OC(C)=O)CN1[C@@H](C)c1cc(F)cc(Cl)c1CCl. The van der Waals surface area contributed by atoms with Gasteiger partial charge >= 0.3 is 11.9 Å². The second kappa shape index (κ2) is 9.71. The fraction of sp³-hybridized carbons (Fsp3) is 0.500. The van der Waals surface area contributed by atoms with Crippen molar-refractivity contribution in [2.45, 2.75) is 45.3 Å². The highest BCUT2D eigenvalue weighted by atomic mass is 35.5. The molecule has 0 saturated carbocycles. The van der Waals surface area contributed by atoms with Crippen LogP contribution in [0.4, 0.5) is 4.39 Å². The Morgan fingerprint density at radius 3 is 2.41 bits per heavy atom. The van der Waals surface area contributed by atoms with E-state index in [9.17, 15) is 18.8 Å². The predicted molar refractivity (Wildman–Crippen MR) is 103 cm³/mol. The van der Waals surface area contributed by atoms with Crippen LogP contribution in [-0.2, 0) is 29.7 Å². The maximum absolute atomic E-state index is 14.0. The number of halogens is 3. The summed E-state index contributed by atoms with van der Waals surface area (Å²) < 4.78 is 24.7. The summed E-state index contributed by atoms with van der Waals surface area (Å²) in [7, 11) is 0. The average molecular weight is 450 g/mol. The van der Waals surface area contributed by atoms with Crippen LogP contribution in [0.3, 0.4) is 0 Å². The van der Waals surface area contributed by atoms with Gasteiger partial charge in [-0.2, -0.15) is 0 Å². The van der Waals surface area contributed by atoms with Gasteiger partial charge in [-0.25, -0.2) is 14.2 Å². The van der Waals surface area contributed by atoms with Gasteiger partial charge in [0.1, 0.15) is 5.82 Å². The topological polar surface area (TPSA) is 102 Å². The monoisotopic (exact) mass is 449 g/mol. The van der Waals surface area contributed by atoms with Crippen LogP contribution in [0.1, 0.15) is 37.9 Å². The summed E-state index contributed by atoms with van der Waals surface area (Å²) in [5.74, 6) is -2.44. The molecule has 2 N–H and O–H groups in total. The summed E-state index contributed by atoms with van der Waals surface area (Å²) in [6, 6.07) is 1.89. The van der Waals surface area contributed by atoms with Crippen molar-refractivity contribution in [3.05, 3.63) is 34.1 Å². The highest BCUT2D eigenvalue weighted by Gasteiger charge is 2.46. The van der Waals surface area contributed by atoms with Crippen LogP contribution >= 0.6 is 23.2 Å². The molecule has 0 aromatic heterocycles. The van der Waals surface area contributed by atoms with Gasteiger partial charge in [0.15, 0.2) is 6.23 Å². The number of alkyl halides is 1. The molecule has 1 aromatic carbocycles. The predicted octanol–water partition coefficient (Wildman–Crippen LogP) is 2.12. The van der Waals surface area contributed by atoms with Crippen LogP contribution < -0.4 is 5.73 Å². The van der Waals surface area contributed by atoms with E-state index in [0.717, 1.165) is 6.07 Å². The number of nitrogens with two attached hydrogens (primary N) is 1. The van der Waals surface area contributed by atoms with E-state index >= 15 is 0 Å². The second-order valence-electron chi connectivity index (χ2n) is 6.60. The van der Waals surface area contributed by atoms with Gasteiger partial charge in [-0.05, 0) is 30.2 Å². The highest BCUT2D eigenvalue weighted by molar-refractivity contribution is 6.32. The Morgan fingerprint density at radius 2 is 1.90 bits per heavy atom. The van der Waals surface area contributed by atoms with E-state index in [2.05, 4.69) is 0 Å². The molecular weight excluding hydrogens is 428 g/mol. The maximum Gasteiger partial charge on any atom is 0.305 e. The summed E-state index contributed by atoms with van der Waals surface area (Å²) in [5, 5.41) is 0.163. The van der Waals surface area contributed by atoms with Crippen molar-refractivity contribution in [3.8, 4) is 0 Å². The molecular formula is C18H22Cl2FN3O5. The lowest BCUT2D eigenvalue weighted by Crippen LogP contribution is -2.48. The average Bonchev–Trinajstić information content (AvgIpc) is 2.89. The lowest BCUT2D eigenvalue weighted by molar-refractivity contribution is -0.182. The standard InChI is InChI=1S/C18H22Cl2FN3O5/c1-9(13-4-12(21)5-15(20)14(13)6-19)23-8-17(28-10(2)25)24(7-16(22)27)18(23)29-11(3)26/h4-5,9,17-18H,6-8H2,1-3H3,(H2,22,27)/t9-,17-,18-/m0/s1. The van der Waals surface area contributed by atoms with Crippen LogP contribution in [0.2, 0.25) is 5.02 Å². The summed E-state index contributed by atoms with van der Waals surface area (Å²) in [6.45, 7) is 3.89. The van der Waals surface area contributed by atoms with E-state index in [0.29, 0.717) is 11.1 Å². The number of esters is 2. The minimum Gasteiger partial charge on any atom is -0.445 e. The van der Waals surface area contributed by atoms with Crippen LogP contribution in [0.5, 0.6) is 0 Å². The molecule has 1 amide bonds. The zero-order valence-corrected chi connectivity index (χ0v) is 17.7. The van der Waals surface area contributed by atoms with Crippen LogP contribution in [0, 0.1) is 5.82 Å². The number of nitrogens with zero attached hydrogens (tertiary/aromatic N) is 2. The quantitative estimate of drug-likeness (QED) is 0.502. The Labute approximate surface area is 177 Å². The molecule has 1 saturated heterocycles. The third-order valence-corrected chi connectivity index (χ3v) is 5.10. The molecule has 29 heavy (non-hydrogen) atoms. The molecule has 11 heteroatoms. The van der Waals surface area contributed by atoms with E-state index < -0.39 is 42.3 Å². The normalized spacial score (nSPS) is 21.0. The first kappa shape index (κ1) is 23.3. The molecule has 3 atom stereocenters. The van der Waals surface area contributed by atoms with Crippen molar-refractivity contribution < 1.29 is 28.2 Å². The van der Waals surface area contributed by atoms with Crippen LogP contribution in [0.25, 0.3) is 0 Å². The van der Waals surface area contributed by atoms with Gasteiger partial charge in [-0.3, -0.25) is 14.4 Å². The molecule has 0 radical (unpaired) electrons. The van der Waals surface area contributed by atoms with E-state index in [1.807, 2.05) is 0 Å². The summed E-state index contributed by atoms with van der Waals surface area (Å²) in [6.07, 6.45) is -1.99. The molecule has 1 aliphatic rings. The highest BCUT2D eigenvalue weighted by Crippen LogP contribution is 2.36. The molecule has 160 valence electrons. The van der Waals surface area contributed by atoms with Crippen molar-refractivity contribution in [1.29, 1.82) is 0 Å². The first-order valence-electron chi connectivity index (χ1n) is 8.73. The Bertz CT molecular complexity index is 810. The minimum absolute atomic E-state index is 0.0310. The first-order chi connectivity index (χ1) is 13.5. The van der Waals surface area contributed by atoms with Gasteiger partial charge in [0.05, 0.1) is 13.1 Å². The Hall–Kier alpha value is -1.94. The summed E-state index contributed by atoms with van der Waals surface area (Å²) in [4.78, 5) is 37.8. The van der Waals surface area contributed by atoms with E-state index in [4.69, 9.17) is 38.4 Å². The number of carbonyl (C=O) groups excluding carboxylic acids is 3. The lowest BCUT2D eigenvalue weighted by atomic mass is 10.0. The largest absolute Gasteiger partial charge is 0.445 e. The number of primary amides is 1. The van der Waals surface area contributed by atoms with Gasteiger partial charge in [0, 0.05) is 30.8 Å². The molecule has 2 rings (SSSR count). The Balaban J connectivity index is 2.48. The zero-order chi connectivity index (χ0) is 21.9. The number of benzene rings is 1. The van der Waals surface area contributed by atoms with Crippen molar-refractivity contribution in [3.63, 3.8) is 0 Å². The van der Waals surface area contributed by atoms with Crippen molar-refractivity contribution in [1.82, 2.24) is 9.80 Å². The Kier molecular flexibility index (Phi) is 7.81. The number of carbonyl (C=O) groups is 3. The Morgan fingerprint density at radius 1 is 1.28 bits per heavy atom. The lowest BCUT2D eigenvalue weighted by Gasteiger charge is -2.33. The number of hydrogen-bond acceptors (Lipinski definition) is 7. The first-order valence-corrected chi connectivity index (χ1v) is 9.64. The molecule has 1 heterocycles. The van der Waals surface area contributed by atoms with Crippen molar-refractivity contribution in [2.24, 2.45) is 5.73 Å². The fourth-order valence-electron chi connectivity index (χ4n) is 3.31. The number of amides is 1. The smallest absolute Gasteiger partial charge is 0.305 e. The van der Waals surface area contributed by atoms with Crippen LogP contribution in [-0.4, -0.2) is 53.3 Å². The number of hydrogen-bond donors (Lipinski definition) is 1. The third-order valence-electron chi connectivity index (χ3n) is 4.49. The molecule has 8 nitrogen and oxygen atoms in total. The number of rotatable bonds is 7. The van der Waals surface area contributed by atoms with E-state index in [-0.39, 0.29) is 24.0 Å². The van der Waals surface area contributed by atoms with Crippen molar-refractivity contribution >= 4 is 41.0 Å². The number of ether oxygens (including phenoxy) is 2. The van der Waals surface area contributed by atoms with Crippen molar-refractivity contribution in [2.75, 3.05) is 13.1 Å². The van der Waals surface area contributed by atoms with Gasteiger partial charge < -0.3 is 15.2 Å². The van der Waals surface area contributed by atoms with E-state index in [1.54, 1.807) is 11.8 Å². The summed E-state index contributed by atoms with van der Waals surface area (Å²) in [5.41, 5.74) is 6.30. The van der Waals surface area contributed by atoms with Gasteiger partial charge in [0.25, 0.3) is 0 Å². The molecule has 0 unspecified atom stereocenters. The van der Waals surface area contributed by atoms with E-state index in [1.165, 1.54) is 24.8 Å². The maximum atomic E-state index is 14.0. The summed E-state index contributed by atoms with van der Waals surface area (Å²) >= 11 is 12.1. The molecule has 1 aromatic rings. The fourth-order valence-corrected chi connectivity index (χ4v) is 3.96. The molecule has 1 fully saturated rings. The third kappa shape index (κ3) is 5.57. The molecule has 0 bridgehead atoms. The molecule has 0 aliphatic carbocycles. The second-order valence-corrected chi connectivity index (χ2v) is 7.27.